The zero-order chi connectivity index (χ0) is 14.1. The minimum absolute atomic E-state index is 0.280. The molecule has 0 spiro atoms. The average molecular weight is 389 g/mol. The number of anilines is 1. The fourth-order valence-corrected chi connectivity index (χ4v) is 4.39. The molecule has 0 saturated heterocycles. The Bertz CT molecular complexity index is 648. The van der Waals surface area contributed by atoms with E-state index in [4.69, 9.17) is 23.2 Å². The monoisotopic (exact) mass is 387 g/mol. The standard InChI is InChI=1S/C15H12BrCl2NS/c16-12-8-10(18)1-3-14(12)19-13-5-6-20-15-4-2-9(17)7-11(13)15/h1-4,7-8,13,19H,5-6H2. The second kappa shape index (κ2) is 6.18. The molecule has 3 rings (SSSR count). The van der Waals surface area contributed by atoms with Crippen molar-refractivity contribution in [3.05, 3.63) is 56.5 Å². The minimum atomic E-state index is 0.280. The van der Waals surface area contributed by atoms with Crippen molar-refractivity contribution < 1.29 is 0 Å². The molecule has 1 atom stereocenters. The van der Waals surface area contributed by atoms with E-state index in [9.17, 15) is 0 Å². The number of hydrogen-bond donors (Lipinski definition) is 1. The molecule has 0 bridgehead atoms. The van der Waals surface area contributed by atoms with Gasteiger partial charge in [0.25, 0.3) is 0 Å². The smallest absolute Gasteiger partial charge is 0.0533 e. The summed E-state index contributed by atoms with van der Waals surface area (Å²) in [6.45, 7) is 0. The van der Waals surface area contributed by atoms with Gasteiger partial charge in [0.05, 0.1) is 6.04 Å². The quantitative estimate of drug-likeness (QED) is 0.638. The van der Waals surface area contributed by atoms with E-state index in [0.717, 1.165) is 32.4 Å². The zero-order valence-electron chi connectivity index (χ0n) is 10.5. The van der Waals surface area contributed by atoms with Gasteiger partial charge >= 0.3 is 0 Å². The van der Waals surface area contributed by atoms with Crippen LogP contribution < -0.4 is 5.32 Å². The maximum absolute atomic E-state index is 6.13. The average Bonchev–Trinajstić information content (AvgIpc) is 2.42. The van der Waals surface area contributed by atoms with E-state index in [2.05, 4.69) is 33.4 Å². The van der Waals surface area contributed by atoms with Gasteiger partial charge in [-0.15, -0.1) is 11.8 Å². The van der Waals surface area contributed by atoms with Gasteiger partial charge < -0.3 is 5.32 Å². The van der Waals surface area contributed by atoms with Crippen molar-refractivity contribution in [3.8, 4) is 0 Å². The number of rotatable bonds is 2. The minimum Gasteiger partial charge on any atom is -0.377 e. The molecule has 0 amide bonds. The Balaban J connectivity index is 1.91. The van der Waals surface area contributed by atoms with Crippen molar-refractivity contribution in [2.45, 2.75) is 17.4 Å². The second-order valence-corrected chi connectivity index (χ2v) is 7.50. The topological polar surface area (TPSA) is 12.0 Å². The van der Waals surface area contributed by atoms with Crippen LogP contribution in [0.1, 0.15) is 18.0 Å². The molecule has 5 heteroatoms. The van der Waals surface area contributed by atoms with E-state index >= 15 is 0 Å². The van der Waals surface area contributed by atoms with E-state index in [1.165, 1.54) is 10.5 Å². The van der Waals surface area contributed by atoms with Gasteiger partial charge in [0.2, 0.25) is 0 Å². The Morgan fingerprint density at radius 1 is 1.10 bits per heavy atom. The van der Waals surface area contributed by atoms with Crippen molar-refractivity contribution in [1.29, 1.82) is 0 Å². The van der Waals surface area contributed by atoms with Gasteiger partial charge in [-0.25, -0.2) is 0 Å². The van der Waals surface area contributed by atoms with Crippen LogP contribution in [0, 0.1) is 0 Å². The van der Waals surface area contributed by atoms with Crippen LogP contribution >= 0.6 is 50.9 Å². The van der Waals surface area contributed by atoms with Gasteiger partial charge in [-0.2, -0.15) is 0 Å². The summed E-state index contributed by atoms with van der Waals surface area (Å²) in [6.07, 6.45) is 1.08. The molecule has 1 N–H and O–H groups in total. The zero-order valence-corrected chi connectivity index (χ0v) is 14.4. The van der Waals surface area contributed by atoms with E-state index in [1.807, 2.05) is 36.0 Å². The highest BCUT2D eigenvalue weighted by Gasteiger charge is 2.21. The van der Waals surface area contributed by atoms with E-state index in [0.29, 0.717) is 0 Å². The third-order valence-electron chi connectivity index (χ3n) is 3.27. The van der Waals surface area contributed by atoms with Crippen LogP contribution in [-0.4, -0.2) is 5.75 Å². The molecular formula is C15H12BrCl2NS. The number of thioether (sulfide) groups is 1. The summed E-state index contributed by atoms with van der Waals surface area (Å²) in [4.78, 5) is 1.31. The number of benzene rings is 2. The van der Waals surface area contributed by atoms with Crippen LogP contribution in [-0.2, 0) is 0 Å². The Labute approximate surface area is 141 Å². The molecule has 104 valence electrons. The normalized spacial score (nSPS) is 17.6. The summed E-state index contributed by atoms with van der Waals surface area (Å²) in [5.41, 5.74) is 2.33. The number of nitrogens with one attached hydrogen (secondary N) is 1. The lowest BCUT2D eigenvalue weighted by atomic mass is 10.0. The fourth-order valence-electron chi connectivity index (χ4n) is 2.31. The van der Waals surface area contributed by atoms with Crippen LogP contribution in [0.5, 0.6) is 0 Å². The Hall–Kier alpha value is -0.350. The van der Waals surface area contributed by atoms with Crippen molar-refractivity contribution in [3.63, 3.8) is 0 Å². The van der Waals surface area contributed by atoms with Gasteiger partial charge in [-0.3, -0.25) is 0 Å². The predicted molar refractivity (Wildman–Crippen MR) is 92.3 cm³/mol. The van der Waals surface area contributed by atoms with Crippen LogP contribution in [0.3, 0.4) is 0 Å². The van der Waals surface area contributed by atoms with Crippen molar-refractivity contribution in [1.82, 2.24) is 0 Å². The summed E-state index contributed by atoms with van der Waals surface area (Å²) in [7, 11) is 0. The van der Waals surface area contributed by atoms with Gasteiger partial charge in [0, 0.05) is 30.9 Å². The SMILES string of the molecule is Clc1ccc(NC2CCSc3ccc(Cl)cc32)c(Br)c1. The molecule has 0 aliphatic carbocycles. The van der Waals surface area contributed by atoms with Gasteiger partial charge in [-0.05, 0) is 64.3 Å². The lowest BCUT2D eigenvalue weighted by Gasteiger charge is -2.27. The van der Waals surface area contributed by atoms with Gasteiger partial charge in [-0.1, -0.05) is 23.2 Å². The molecule has 1 unspecified atom stereocenters. The summed E-state index contributed by atoms with van der Waals surface area (Å²) < 4.78 is 0.979. The largest absolute Gasteiger partial charge is 0.377 e. The highest BCUT2D eigenvalue weighted by molar-refractivity contribution is 9.10. The maximum atomic E-state index is 6.13. The van der Waals surface area contributed by atoms with E-state index in [-0.39, 0.29) is 6.04 Å². The first-order valence-corrected chi connectivity index (χ1v) is 8.81. The molecule has 2 aromatic carbocycles. The van der Waals surface area contributed by atoms with Crippen molar-refractivity contribution in [2.75, 3.05) is 11.1 Å². The van der Waals surface area contributed by atoms with Crippen molar-refractivity contribution >= 4 is 56.6 Å². The Morgan fingerprint density at radius 3 is 2.65 bits per heavy atom. The number of hydrogen-bond acceptors (Lipinski definition) is 2. The summed E-state index contributed by atoms with van der Waals surface area (Å²) in [5, 5.41) is 5.09. The molecule has 20 heavy (non-hydrogen) atoms. The van der Waals surface area contributed by atoms with Gasteiger partial charge in [0.15, 0.2) is 0 Å². The first-order chi connectivity index (χ1) is 9.63. The third kappa shape index (κ3) is 3.11. The maximum Gasteiger partial charge on any atom is 0.0533 e. The molecule has 0 fully saturated rings. The Kier molecular flexibility index (Phi) is 4.51. The van der Waals surface area contributed by atoms with Gasteiger partial charge in [0.1, 0.15) is 0 Å². The first kappa shape index (κ1) is 14.6. The number of fused-ring (bicyclic) bond motifs is 1. The molecule has 0 radical (unpaired) electrons. The van der Waals surface area contributed by atoms with Crippen molar-refractivity contribution in [2.24, 2.45) is 0 Å². The third-order valence-corrected chi connectivity index (χ3v) is 5.52. The molecule has 0 saturated carbocycles. The molecule has 1 nitrogen and oxygen atoms in total. The van der Waals surface area contributed by atoms with Crippen LogP contribution in [0.25, 0.3) is 0 Å². The highest BCUT2D eigenvalue weighted by Crippen LogP contribution is 2.40. The van der Waals surface area contributed by atoms with E-state index < -0.39 is 0 Å². The first-order valence-electron chi connectivity index (χ1n) is 6.27. The van der Waals surface area contributed by atoms with Crippen LogP contribution in [0.2, 0.25) is 10.0 Å². The number of halogens is 3. The Morgan fingerprint density at radius 2 is 1.85 bits per heavy atom. The predicted octanol–water partition coefficient (Wildman–Crippen LogP) is 6.40. The summed E-state index contributed by atoms with van der Waals surface area (Å²) in [5.74, 6) is 1.11. The molecular weight excluding hydrogens is 377 g/mol. The molecule has 1 aliphatic heterocycles. The highest BCUT2D eigenvalue weighted by atomic mass is 79.9. The van der Waals surface area contributed by atoms with E-state index in [1.54, 1.807) is 0 Å². The van der Waals surface area contributed by atoms with Crippen LogP contribution in [0.15, 0.2) is 45.8 Å². The lowest BCUT2D eigenvalue weighted by Crippen LogP contribution is -2.16. The lowest BCUT2D eigenvalue weighted by molar-refractivity contribution is 0.728. The molecule has 1 aliphatic rings. The van der Waals surface area contributed by atoms with Crippen LogP contribution in [0.4, 0.5) is 5.69 Å². The summed E-state index contributed by atoms with van der Waals surface area (Å²) in [6, 6.07) is 12.2. The molecule has 0 aromatic heterocycles. The summed E-state index contributed by atoms with van der Waals surface area (Å²) >= 11 is 17.6. The molecule has 1 heterocycles. The second-order valence-electron chi connectivity index (χ2n) is 4.64. The fraction of sp³-hybridized carbons (Fsp3) is 0.200. The molecule has 2 aromatic rings.